The Kier molecular flexibility index (Phi) is 5.62. The van der Waals surface area contributed by atoms with Crippen molar-refractivity contribution in [1.82, 2.24) is 4.90 Å². The molecule has 0 amide bonds. The van der Waals surface area contributed by atoms with E-state index in [-0.39, 0.29) is 31.5 Å². The highest BCUT2D eigenvalue weighted by Crippen LogP contribution is 2.29. The van der Waals surface area contributed by atoms with Crippen LogP contribution in [0.3, 0.4) is 0 Å². The van der Waals surface area contributed by atoms with E-state index in [0.717, 1.165) is 16.7 Å². The molecule has 2 aliphatic rings. The van der Waals surface area contributed by atoms with Crippen LogP contribution >= 0.6 is 12.4 Å². The van der Waals surface area contributed by atoms with Crippen LogP contribution in [0, 0.1) is 6.92 Å². The lowest BCUT2D eigenvalue weighted by Crippen LogP contribution is -2.49. The van der Waals surface area contributed by atoms with Gasteiger partial charge in [-0.2, -0.15) is 0 Å². The summed E-state index contributed by atoms with van der Waals surface area (Å²) in [6, 6.07) is 3.05. The molecule has 0 aromatic heterocycles. The van der Waals surface area contributed by atoms with Gasteiger partial charge < -0.3 is 15.6 Å². The smallest absolute Gasteiger partial charge is 0.338 e. The van der Waals surface area contributed by atoms with Crippen molar-refractivity contribution in [3.05, 3.63) is 34.4 Å². The molecule has 0 radical (unpaired) electrons. The Labute approximate surface area is 141 Å². The number of nitrogens with two attached hydrogens (primary N) is 1. The number of piperidine rings is 1. The lowest BCUT2D eigenvalue weighted by molar-refractivity contribution is 0.0535. The molecule has 1 fully saturated rings. The number of aliphatic hydroxyl groups is 1. The van der Waals surface area contributed by atoms with Gasteiger partial charge in [-0.1, -0.05) is 6.07 Å². The summed E-state index contributed by atoms with van der Waals surface area (Å²) in [5.74, 6) is -0.315. The Morgan fingerprint density at radius 1 is 1.52 bits per heavy atom. The van der Waals surface area contributed by atoms with Gasteiger partial charge in [0.25, 0.3) is 0 Å². The summed E-state index contributed by atoms with van der Waals surface area (Å²) in [6.45, 7) is 3.44. The van der Waals surface area contributed by atoms with E-state index in [1.165, 1.54) is 0 Å². The number of fused-ring (bicyclic) bond motifs is 1. The zero-order valence-electron chi connectivity index (χ0n) is 13.0. The molecule has 1 saturated heterocycles. The SMILES string of the molecule is Cc1c([C@@H](O)CN2CC[C@H](N)[C@@H](F)C2)ccc2c1COC2=O.Cl. The topological polar surface area (TPSA) is 75.8 Å². The fourth-order valence-corrected chi connectivity index (χ4v) is 3.22. The van der Waals surface area contributed by atoms with Gasteiger partial charge in [0, 0.05) is 24.7 Å². The molecule has 0 bridgehead atoms. The van der Waals surface area contributed by atoms with E-state index in [0.29, 0.717) is 25.1 Å². The second-order valence-corrected chi connectivity index (χ2v) is 6.13. The number of carbonyl (C=O) groups excluding carboxylic acids is 1. The van der Waals surface area contributed by atoms with Gasteiger partial charge >= 0.3 is 5.97 Å². The molecule has 7 heteroatoms. The van der Waals surface area contributed by atoms with Crippen molar-refractivity contribution in [2.75, 3.05) is 19.6 Å². The average Bonchev–Trinajstić information content (AvgIpc) is 2.86. The van der Waals surface area contributed by atoms with E-state index >= 15 is 0 Å². The van der Waals surface area contributed by atoms with Crippen LogP contribution in [0.15, 0.2) is 12.1 Å². The lowest BCUT2D eigenvalue weighted by atomic mass is 9.94. The lowest BCUT2D eigenvalue weighted by Gasteiger charge is -2.34. The standard InChI is InChI=1S/C16H21FN2O3.ClH/c1-9-10(2-3-11-12(9)8-22-16(11)21)15(20)7-19-5-4-14(18)13(17)6-19;/h2-3,13-15,20H,4-8,18H2,1H3;1H/t13-,14-,15-;/m0./s1. The maximum absolute atomic E-state index is 13.7. The number of benzene rings is 1. The predicted octanol–water partition coefficient (Wildman–Crippen LogP) is 1.49. The first-order valence-corrected chi connectivity index (χ1v) is 7.57. The first kappa shape index (κ1) is 18.1. The molecule has 0 aliphatic carbocycles. The van der Waals surface area contributed by atoms with Crippen molar-refractivity contribution >= 4 is 18.4 Å². The summed E-state index contributed by atoms with van der Waals surface area (Å²) in [6.07, 6.45) is -1.17. The van der Waals surface area contributed by atoms with Crippen LogP contribution in [-0.2, 0) is 11.3 Å². The van der Waals surface area contributed by atoms with E-state index in [1.807, 2.05) is 11.8 Å². The molecule has 5 nitrogen and oxygen atoms in total. The largest absolute Gasteiger partial charge is 0.457 e. The number of β-amino-alcohol motifs (C(OH)–C–C–N with tert-alkyl or cyclic N) is 1. The molecular weight excluding hydrogens is 323 g/mol. The van der Waals surface area contributed by atoms with Crippen LogP contribution in [0.4, 0.5) is 4.39 Å². The minimum Gasteiger partial charge on any atom is -0.457 e. The van der Waals surface area contributed by atoms with Crippen LogP contribution in [0.25, 0.3) is 0 Å². The van der Waals surface area contributed by atoms with Crippen molar-refractivity contribution in [2.24, 2.45) is 5.73 Å². The normalized spacial score (nSPS) is 25.5. The van der Waals surface area contributed by atoms with E-state index < -0.39 is 18.3 Å². The van der Waals surface area contributed by atoms with Crippen molar-refractivity contribution < 1.29 is 19.0 Å². The predicted molar refractivity (Wildman–Crippen MR) is 86.4 cm³/mol. The van der Waals surface area contributed by atoms with E-state index in [9.17, 15) is 14.3 Å². The number of hydrogen-bond donors (Lipinski definition) is 2. The fourth-order valence-electron chi connectivity index (χ4n) is 3.22. The zero-order chi connectivity index (χ0) is 15.9. The minimum absolute atomic E-state index is 0. The molecule has 128 valence electrons. The van der Waals surface area contributed by atoms with Gasteiger partial charge in [0.2, 0.25) is 0 Å². The number of likely N-dealkylation sites (tertiary alicyclic amines) is 1. The summed E-state index contributed by atoms with van der Waals surface area (Å²) >= 11 is 0. The third kappa shape index (κ3) is 3.50. The molecule has 0 unspecified atom stereocenters. The summed E-state index contributed by atoms with van der Waals surface area (Å²) in [4.78, 5) is 13.4. The molecule has 1 aromatic rings. The average molecular weight is 345 g/mol. The Bertz CT molecular complexity index is 599. The number of cyclic esters (lactones) is 1. The Morgan fingerprint density at radius 2 is 2.26 bits per heavy atom. The van der Waals surface area contributed by atoms with Gasteiger partial charge in [-0.3, -0.25) is 4.90 Å². The number of esters is 1. The van der Waals surface area contributed by atoms with Gasteiger partial charge in [0.1, 0.15) is 12.8 Å². The number of hydrogen-bond acceptors (Lipinski definition) is 5. The Hall–Kier alpha value is -1.21. The summed E-state index contributed by atoms with van der Waals surface area (Å²) in [5.41, 5.74) is 8.72. The zero-order valence-corrected chi connectivity index (χ0v) is 13.8. The van der Waals surface area contributed by atoms with Crippen LogP contribution in [0.2, 0.25) is 0 Å². The Morgan fingerprint density at radius 3 is 2.96 bits per heavy atom. The van der Waals surface area contributed by atoms with E-state index in [1.54, 1.807) is 12.1 Å². The van der Waals surface area contributed by atoms with Gasteiger partial charge in [0.05, 0.1) is 11.7 Å². The number of aliphatic hydroxyl groups excluding tert-OH is 1. The summed E-state index contributed by atoms with van der Waals surface area (Å²) in [7, 11) is 0. The van der Waals surface area contributed by atoms with Crippen LogP contribution in [-0.4, -0.2) is 47.8 Å². The highest BCUT2D eigenvalue weighted by Gasteiger charge is 2.29. The number of nitrogens with zero attached hydrogens (tertiary/aromatic N) is 1. The third-order valence-electron chi connectivity index (χ3n) is 4.67. The molecule has 23 heavy (non-hydrogen) atoms. The van der Waals surface area contributed by atoms with Gasteiger partial charge in [-0.15, -0.1) is 12.4 Å². The quantitative estimate of drug-likeness (QED) is 0.813. The first-order valence-electron chi connectivity index (χ1n) is 7.57. The van der Waals surface area contributed by atoms with E-state index in [4.69, 9.17) is 10.5 Å². The number of rotatable bonds is 3. The molecule has 0 spiro atoms. The number of ether oxygens (including phenoxy) is 1. The van der Waals surface area contributed by atoms with Gasteiger partial charge in [-0.05, 0) is 37.1 Å². The second kappa shape index (κ2) is 7.13. The summed E-state index contributed by atoms with van der Waals surface area (Å²) < 4.78 is 18.7. The number of alkyl halides is 1. The maximum Gasteiger partial charge on any atom is 0.338 e. The molecule has 0 saturated carbocycles. The van der Waals surface area contributed by atoms with Gasteiger partial charge in [0.15, 0.2) is 0 Å². The van der Waals surface area contributed by atoms with Gasteiger partial charge in [-0.25, -0.2) is 9.18 Å². The third-order valence-corrected chi connectivity index (χ3v) is 4.67. The number of halogens is 2. The molecule has 3 N–H and O–H groups in total. The first-order chi connectivity index (χ1) is 10.5. The fraction of sp³-hybridized carbons (Fsp3) is 0.562. The summed E-state index contributed by atoms with van der Waals surface area (Å²) in [5, 5.41) is 10.5. The van der Waals surface area contributed by atoms with Crippen LogP contribution in [0.1, 0.15) is 39.6 Å². The molecular formula is C16H22ClFN2O3. The molecule has 3 rings (SSSR count). The maximum atomic E-state index is 13.7. The van der Waals surface area contributed by atoms with Crippen molar-refractivity contribution in [2.45, 2.75) is 38.3 Å². The Balaban J connectivity index is 0.00000192. The van der Waals surface area contributed by atoms with Crippen molar-refractivity contribution in [3.63, 3.8) is 0 Å². The van der Waals surface area contributed by atoms with Crippen molar-refractivity contribution in [1.29, 1.82) is 0 Å². The molecule has 2 heterocycles. The van der Waals surface area contributed by atoms with Crippen LogP contribution < -0.4 is 5.73 Å². The highest BCUT2D eigenvalue weighted by atomic mass is 35.5. The van der Waals surface area contributed by atoms with E-state index in [2.05, 4.69) is 0 Å². The monoisotopic (exact) mass is 344 g/mol. The van der Waals surface area contributed by atoms with Crippen LogP contribution in [0.5, 0.6) is 0 Å². The second-order valence-electron chi connectivity index (χ2n) is 6.13. The molecule has 3 atom stereocenters. The molecule has 1 aromatic carbocycles. The minimum atomic E-state index is -1.05. The highest BCUT2D eigenvalue weighted by molar-refractivity contribution is 5.93. The molecule has 2 aliphatic heterocycles. The van der Waals surface area contributed by atoms with Crippen molar-refractivity contribution in [3.8, 4) is 0 Å². The number of carbonyl (C=O) groups is 1.